The van der Waals surface area contributed by atoms with Crippen LogP contribution in [-0.2, 0) is 6.42 Å². The van der Waals surface area contributed by atoms with Crippen LogP contribution in [0.3, 0.4) is 0 Å². The molecule has 0 amide bonds. The Hall–Kier alpha value is -1.35. The molecule has 18 heavy (non-hydrogen) atoms. The first-order valence-electron chi connectivity index (χ1n) is 6.79. The number of rotatable bonds is 8. The molecule has 0 saturated carbocycles. The fourth-order valence-electron chi connectivity index (χ4n) is 2.04. The molecule has 0 heterocycles. The van der Waals surface area contributed by atoms with Gasteiger partial charge in [-0.05, 0) is 43.3 Å². The molecule has 1 aromatic carbocycles. The van der Waals surface area contributed by atoms with E-state index in [-0.39, 0.29) is 0 Å². The topological polar surface area (TPSA) is 32.3 Å². The molecule has 0 atom stereocenters. The van der Waals surface area contributed by atoms with Gasteiger partial charge >= 0.3 is 0 Å². The summed E-state index contributed by atoms with van der Waals surface area (Å²) in [6, 6.07) is 5.95. The molecular weight excluding hydrogens is 224 g/mol. The van der Waals surface area contributed by atoms with Gasteiger partial charge in [0.1, 0.15) is 6.29 Å². The van der Waals surface area contributed by atoms with E-state index in [2.05, 4.69) is 37.1 Å². The van der Waals surface area contributed by atoms with Crippen LogP contribution in [0.5, 0.6) is 0 Å². The summed E-state index contributed by atoms with van der Waals surface area (Å²) >= 11 is 0. The van der Waals surface area contributed by atoms with Crippen molar-refractivity contribution < 1.29 is 4.79 Å². The third-order valence-electron chi connectivity index (χ3n) is 3.30. The van der Waals surface area contributed by atoms with Crippen molar-refractivity contribution in [3.8, 4) is 0 Å². The van der Waals surface area contributed by atoms with Crippen LogP contribution in [0.2, 0.25) is 0 Å². The van der Waals surface area contributed by atoms with E-state index in [4.69, 9.17) is 0 Å². The lowest BCUT2D eigenvalue weighted by Gasteiger charge is -2.18. The van der Waals surface area contributed by atoms with E-state index in [1.165, 1.54) is 0 Å². The summed E-state index contributed by atoms with van der Waals surface area (Å²) in [6.45, 7) is 10.6. The predicted molar refractivity (Wildman–Crippen MR) is 77.5 cm³/mol. The van der Waals surface area contributed by atoms with Crippen LogP contribution in [-0.4, -0.2) is 37.4 Å². The van der Waals surface area contributed by atoms with Crippen LogP contribution in [0.1, 0.15) is 36.7 Å². The molecule has 0 spiro atoms. The molecule has 0 saturated heterocycles. The Morgan fingerprint density at radius 2 is 1.94 bits per heavy atom. The van der Waals surface area contributed by atoms with Gasteiger partial charge in [-0.25, -0.2) is 0 Å². The molecule has 1 N–H and O–H groups in total. The molecule has 100 valence electrons. The van der Waals surface area contributed by atoms with Crippen molar-refractivity contribution in [3.05, 3.63) is 29.3 Å². The molecule has 0 aromatic heterocycles. The lowest BCUT2D eigenvalue weighted by Crippen LogP contribution is -2.28. The standard InChI is InChI=1S/C15H24N2O/c1-4-13-11-15(8-7-14(13)12-18)16-9-10-17(5-2)6-3/h7-8,11-12,16H,4-6,9-10H2,1-3H3. The largest absolute Gasteiger partial charge is 0.384 e. The Morgan fingerprint density at radius 3 is 2.50 bits per heavy atom. The summed E-state index contributed by atoms with van der Waals surface area (Å²) in [6.07, 6.45) is 1.82. The highest BCUT2D eigenvalue weighted by atomic mass is 16.1. The molecule has 0 aliphatic carbocycles. The third kappa shape index (κ3) is 4.15. The number of nitrogens with zero attached hydrogens (tertiary/aromatic N) is 1. The number of hydrogen-bond acceptors (Lipinski definition) is 3. The van der Waals surface area contributed by atoms with Gasteiger partial charge in [-0.2, -0.15) is 0 Å². The zero-order chi connectivity index (χ0) is 13.4. The van der Waals surface area contributed by atoms with Crippen molar-refractivity contribution in [1.82, 2.24) is 4.90 Å². The Bertz CT molecular complexity index is 373. The first-order valence-corrected chi connectivity index (χ1v) is 6.79. The normalized spacial score (nSPS) is 10.7. The molecule has 0 aliphatic rings. The van der Waals surface area contributed by atoms with Crippen molar-refractivity contribution >= 4 is 12.0 Å². The number of nitrogens with one attached hydrogen (secondary N) is 1. The minimum absolute atomic E-state index is 0.798. The Balaban J connectivity index is 2.55. The van der Waals surface area contributed by atoms with Gasteiger partial charge < -0.3 is 10.2 Å². The first-order chi connectivity index (χ1) is 8.74. The monoisotopic (exact) mass is 248 g/mol. The highest BCUT2D eigenvalue weighted by molar-refractivity contribution is 5.78. The Morgan fingerprint density at radius 1 is 1.22 bits per heavy atom. The summed E-state index contributed by atoms with van der Waals surface area (Å²) in [5, 5.41) is 3.41. The smallest absolute Gasteiger partial charge is 0.150 e. The van der Waals surface area contributed by atoms with Gasteiger partial charge in [-0.3, -0.25) is 4.79 Å². The van der Waals surface area contributed by atoms with E-state index in [1.54, 1.807) is 0 Å². The van der Waals surface area contributed by atoms with Gasteiger partial charge in [0.25, 0.3) is 0 Å². The number of likely N-dealkylation sites (N-methyl/N-ethyl adjacent to an activating group) is 1. The summed E-state index contributed by atoms with van der Waals surface area (Å²) in [4.78, 5) is 13.2. The maximum atomic E-state index is 10.9. The Kier molecular flexibility index (Phi) is 6.44. The second-order valence-corrected chi connectivity index (χ2v) is 4.34. The number of carbonyl (C=O) groups excluding carboxylic acids is 1. The minimum Gasteiger partial charge on any atom is -0.384 e. The van der Waals surface area contributed by atoms with Gasteiger partial charge in [0.05, 0.1) is 0 Å². The van der Waals surface area contributed by atoms with Crippen LogP contribution < -0.4 is 5.32 Å². The second kappa shape index (κ2) is 7.88. The van der Waals surface area contributed by atoms with Gasteiger partial charge in [-0.15, -0.1) is 0 Å². The molecule has 3 heteroatoms. The van der Waals surface area contributed by atoms with Crippen molar-refractivity contribution in [3.63, 3.8) is 0 Å². The highest BCUT2D eigenvalue weighted by Gasteiger charge is 2.02. The van der Waals surface area contributed by atoms with E-state index in [9.17, 15) is 4.79 Å². The van der Waals surface area contributed by atoms with E-state index < -0.39 is 0 Å². The second-order valence-electron chi connectivity index (χ2n) is 4.34. The zero-order valence-electron chi connectivity index (χ0n) is 11.7. The fourth-order valence-corrected chi connectivity index (χ4v) is 2.04. The van der Waals surface area contributed by atoms with Crippen molar-refractivity contribution in [2.24, 2.45) is 0 Å². The number of benzene rings is 1. The molecule has 0 unspecified atom stereocenters. The van der Waals surface area contributed by atoms with Crippen LogP contribution in [0.25, 0.3) is 0 Å². The fraction of sp³-hybridized carbons (Fsp3) is 0.533. The summed E-state index contributed by atoms with van der Waals surface area (Å²) < 4.78 is 0. The average molecular weight is 248 g/mol. The van der Waals surface area contributed by atoms with Gasteiger partial charge in [0.15, 0.2) is 0 Å². The maximum absolute atomic E-state index is 10.9. The Labute approximate surface area is 110 Å². The van der Waals surface area contributed by atoms with Gasteiger partial charge in [0.2, 0.25) is 0 Å². The molecule has 0 fully saturated rings. The minimum atomic E-state index is 0.798. The van der Waals surface area contributed by atoms with Crippen molar-refractivity contribution in [1.29, 1.82) is 0 Å². The summed E-state index contributed by atoms with van der Waals surface area (Å²) in [7, 11) is 0. The molecule has 0 aliphatic heterocycles. The van der Waals surface area contributed by atoms with E-state index in [0.717, 1.165) is 55.7 Å². The molecule has 0 radical (unpaired) electrons. The number of hydrogen-bond donors (Lipinski definition) is 1. The van der Waals surface area contributed by atoms with Gasteiger partial charge in [0, 0.05) is 24.3 Å². The molecule has 1 rings (SSSR count). The SMILES string of the molecule is CCc1cc(NCCN(CC)CC)ccc1C=O. The first kappa shape index (κ1) is 14.7. The summed E-state index contributed by atoms with van der Waals surface area (Å²) in [5.74, 6) is 0. The maximum Gasteiger partial charge on any atom is 0.150 e. The molecule has 3 nitrogen and oxygen atoms in total. The van der Waals surface area contributed by atoms with Crippen LogP contribution in [0, 0.1) is 0 Å². The zero-order valence-corrected chi connectivity index (χ0v) is 11.7. The van der Waals surface area contributed by atoms with Gasteiger partial charge in [-0.1, -0.05) is 20.8 Å². The van der Waals surface area contributed by atoms with E-state index in [1.807, 2.05) is 12.1 Å². The lowest BCUT2D eigenvalue weighted by molar-refractivity contribution is 0.112. The number of aldehydes is 1. The lowest BCUT2D eigenvalue weighted by atomic mass is 10.1. The number of aryl methyl sites for hydroxylation is 1. The van der Waals surface area contributed by atoms with Crippen molar-refractivity contribution in [2.45, 2.75) is 27.2 Å². The quantitative estimate of drug-likeness (QED) is 0.718. The van der Waals surface area contributed by atoms with Crippen LogP contribution >= 0.6 is 0 Å². The molecule has 1 aromatic rings. The van der Waals surface area contributed by atoms with E-state index >= 15 is 0 Å². The number of anilines is 1. The van der Waals surface area contributed by atoms with Crippen LogP contribution in [0.15, 0.2) is 18.2 Å². The molecule has 0 bridgehead atoms. The van der Waals surface area contributed by atoms with Crippen LogP contribution in [0.4, 0.5) is 5.69 Å². The highest BCUT2D eigenvalue weighted by Crippen LogP contribution is 2.15. The third-order valence-corrected chi connectivity index (χ3v) is 3.30. The summed E-state index contributed by atoms with van der Waals surface area (Å²) in [5.41, 5.74) is 3.01. The molecular formula is C15H24N2O. The number of carbonyl (C=O) groups is 1. The van der Waals surface area contributed by atoms with E-state index in [0.29, 0.717) is 0 Å². The van der Waals surface area contributed by atoms with Crippen molar-refractivity contribution in [2.75, 3.05) is 31.5 Å². The predicted octanol–water partition coefficient (Wildman–Crippen LogP) is 2.82. The average Bonchev–Trinajstić information content (AvgIpc) is 2.43.